The zero-order valence-corrected chi connectivity index (χ0v) is 17.9. The lowest BCUT2D eigenvalue weighted by molar-refractivity contribution is 0.00395. The van der Waals surface area contributed by atoms with Gasteiger partial charge in [0, 0.05) is 36.5 Å². The van der Waals surface area contributed by atoms with Crippen LogP contribution < -0.4 is 10.6 Å². The van der Waals surface area contributed by atoms with Gasteiger partial charge in [-0.3, -0.25) is 9.89 Å². The van der Waals surface area contributed by atoms with Crippen molar-refractivity contribution in [1.82, 2.24) is 15.5 Å². The van der Waals surface area contributed by atoms with Crippen molar-refractivity contribution < 1.29 is 5.11 Å². The molecule has 1 aliphatic carbocycles. The molecule has 1 aliphatic heterocycles. The Morgan fingerprint density at radius 3 is 2.89 bits per heavy atom. The van der Waals surface area contributed by atoms with Crippen molar-refractivity contribution in [3.63, 3.8) is 0 Å². The number of piperidine rings is 1. The first-order valence-corrected chi connectivity index (χ1v) is 11.3. The molecule has 3 rings (SSSR count). The van der Waals surface area contributed by atoms with E-state index in [0.29, 0.717) is 12.0 Å². The van der Waals surface area contributed by atoms with Crippen LogP contribution in [0, 0.1) is 11.3 Å². The van der Waals surface area contributed by atoms with Gasteiger partial charge >= 0.3 is 0 Å². The Morgan fingerprint density at radius 1 is 1.33 bits per heavy atom. The molecule has 2 fully saturated rings. The number of nitrogens with zero attached hydrogens (tertiary/aromatic N) is 2. The van der Waals surface area contributed by atoms with E-state index in [1.807, 2.05) is 18.4 Å². The molecule has 27 heavy (non-hydrogen) atoms. The van der Waals surface area contributed by atoms with E-state index in [1.54, 1.807) is 0 Å². The third-order valence-corrected chi connectivity index (χ3v) is 7.48. The van der Waals surface area contributed by atoms with Gasteiger partial charge in [0.15, 0.2) is 5.96 Å². The van der Waals surface area contributed by atoms with E-state index in [-0.39, 0.29) is 11.5 Å². The lowest BCUT2D eigenvalue weighted by Gasteiger charge is -2.40. The maximum Gasteiger partial charge on any atom is 0.191 e. The average Bonchev–Trinajstić information content (AvgIpc) is 3.19. The van der Waals surface area contributed by atoms with E-state index in [9.17, 15) is 5.11 Å². The summed E-state index contributed by atoms with van der Waals surface area (Å²) in [6.45, 7) is 5.06. The third-order valence-electron chi connectivity index (χ3n) is 6.54. The summed E-state index contributed by atoms with van der Waals surface area (Å²) >= 11 is 1.86. The number of aliphatic hydroxyl groups is 1. The standard InChI is InChI=1S/C21H36N4OS/c1-21(11-5-4-10-18(21)26)15-24-20(22-2)23-14-16-8-6-12-25(3)19(16)17-9-7-13-27-17/h7,9,13,16,18-19,26H,4-6,8,10-12,14-15H2,1-3H3,(H2,22,23,24). The van der Waals surface area contributed by atoms with Gasteiger partial charge in [-0.05, 0) is 56.6 Å². The van der Waals surface area contributed by atoms with Gasteiger partial charge in [-0.15, -0.1) is 11.3 Å². The first-order chi connectivity index (χ1) is 13.0. The smallest absolute Gasteiger partial charge is 0.191 e. The van der Waals surface area contributed by atoms with Crippen LogP contribution in [0.1, 0.15) is 56.4 Å². The molecule has 2 heterocycles. The monoisotopic (exact) mass is 392 g/mol. The van der Waals surface area contributed by atoms with Gasteiger partial charge in [-0.2, -0.15) is 0 Å². The zero-order chi connectivity index (χ0) is 19.3. The second-order valence-electron chi connectivity index (χ2n) is 8.57. The highest BCUT2D eigenvalue weighted by atomic mass is 32.1. The van der Waals surface area contributed by atoms with Crippen LogP contribution in [-0.4, -0.2) is 55.8 Å². The highest BCUT2D eigenvalue weighted by molar-refractivity contribution is 7.10. The second kappa shape index (κ2) is 9.39. The molecule has 0 aromatic carbocycles. The summed E-state index contributed by atoms with van der Waals surface area (Å²) in [5, 5.41) is 19.6. The topological polar surface area (TPSA) is 59.9 Å². The van der Waals surface area contributed by atoms with Gasteiger partial charge in [0.25, 0.3) is 0 Å². The van der Waals surface area contributed by atoms with Crippen LogP contribution in [0.15, 0.2) is 22.5 Å². The fourth-order valence-electron chi connectivity index (χ4n) is 4.70. The van der Waals surface area contributed by atoms with Crippen molar-refractivity contribution >= 4 is 17.3 Å². The normalized spacial score (nSPS) is 33.0. The molecule has 6 heteroatoms. The van der Waals surface area contributed by atoms with Crippen LogP contribution in [0.2, 0.25) is 0 Å². The predicted octanol–water partition coefficient (Wildman–Crippen LogP) is 3.24. The minimum absolute atomic E-state index is 0.0551. The zero-order valence-electron chi connectivity index (χ0n) is 17.1. The van der Waals surface area contributed by atoms with E-state index in [0.717, 1.165) is 38.3 Å². The number of aliphatic imine (C=N–C) groups is 1. The summed E-state index contributed by atoms with van der Waals surface area (Å²) in [4.78, 5) is 8.38. The molecule has 0 radical (unpaired) electrons. The van der Waals surface area contributed by atoms with Crippen LogP contribution in [0.4, 0.5) is 0 Å². The molecule has 1 aromatic heterocycles. The summed E-state index contributed by atoms with van der Waals surface area (Å²) < 4.78 is 0. The molecular formula is C21H36N4OS. The first-order valence-electron chi connectivity index (χ1n) is 10.4. The van der Waals surface area contributed by atoms with Crippen LogP contribution in [0.5, 0.6) is 0 Å². The quantitative estimate of drug-likeness (QED) is 0.532. The molecule has 4 atom stereocenters. The number of nitrogens with one attached hydrogen (secondary N) is 2. The van der Waals surface area contributed by atoms with Crippen molar-refractivity contribution in [2.24, 2.45) is 16.3 Å². The van der Waals surface area contributed by atoms with Crippen molar-refractivity contribution in [3.05, 3.63) is 22.4 Å². The van der Waals surface area contributed by atoms with Crippen LogP contribution >= 0.6 is 11.3 Å². The van der Waals surface area contributed by atoms with E-state index < -0.39 is 0 Å². The van der Waals surface area contributed by atoms with Gasteiger partial charge in [0.05, 0.1) is 6.10 Å². The molecule has 0 spiro atoms. The summed E-state index contributed by atoms with van der Waals surface area (Å²) in [7, 11) is 4.08. The first kappa shape index (κ1) is 20.6. The van der Waals surface area contributed by atoms with E-state index in [2.05, 4.69) is 52.0 Å². The van der Waals surface area contributed by atoms with Crippen molar-refractivity contribution in [2.75, 3.05) is 33.7 Å². The molecule has 0 amide bonds. The van der Waals surface area contributed by atoms with Crippen molar-refractivity contribution in [1.29, 1.82) is 0 Å². The molecule has 3 N–H and O–H groups in total. The Morgan fingerprint density at radius 2 is 2.19 bits per heavy atom. The molecule has 0 bridgehead atoms. The number of hydrogen-bond donors (Lipinski definition) is 3. The van der Waals surface area contributed by atoms with Crippen molar-refractivity contribution in [3.8, 4) is 0 Å². The SMILES string of the molecule is CN=C(NCC1CCCN(C)C1c1cccs1)NCC1(C)CCCCC1O. The van der Waals surface area contributed by atoms with Gasteiger partial charge in [0.1, 0.15) is 0 Å². The number of rotatable bonds is 5. The van der Waals surface area contributed by atoms with E-state index in [4.69, 9.17) is 0 Å². The Balaban J connectivity index is 1.55. The minimum atomic E-state index is -0.216. The van der Waals surface area contributed by atoms with E-state index >= 15 is 0 Å². The second-order valence-corrected chi connectivity index (χ2v) is 9.54. The fourth-order valence-corrected chi connectivity index (χ4v) is 5.69. The minimum Gasteiger partial charge on any atom is -0.392 e. The number of aliphatic hydroxyl groups excluding tert-OH is 1. The molecular weight excluding hydrogens is 356 g/mol. The number of hydrogen-bond acceptors (Lipinski definition) is 4. The predicted molar refractivity (Wildman–Crippen MR) is 114 cm³/mol. The summed E-state index contributed by atoms with van der Waals surface area (Å²) in [5.74, 6) is 1.43. The maximum atomic E-state index is 10.4. The van der Waals surface area contributed by atoms with Crippen LogP contribution in [-0.2, 0) is 0 Å². The molecule has 4 unspecified atom stereocenters. The van der Waals surface area contributed by atoms with Gasteiger partial charge < -0.3 is 15.7 Å². The van der Waals surface area contributed by atoms with Crippen LogP contribution in [0.3, 0.4) is 0 Å². The van der Waals surface area contributed by atoms with Crippen LogP contribution in [0.25, 0.3) is 0 Å². The number of likely N-dealkylation sites (tertiary alicyclic amines) is 1. The number of guanidine groups is 1. The Hall–Kier alpha value is -1.11. The van der Waals surface area contributed by atoms with Gasteiger partial charge in [0.2, 0.25) is 0 Å². The summed E-state index contributed by atoms with van der Waals surface area (Å²) in [6.07, 6.45) is 6.62. The Kier molecular flexibility index (Phi) is 7.17. The summed E-state index contributed by atoms with van der Waals surface area (Å²) in [6, 6.07) is 4.91. The lowest BCUT2D eigenvalue weighted by atomic mass is 9.73. The largest absolute Gasteiger partial charge is 0.392 e. The highest BCUT2D eigenvalue weighted by Gasteiger charge is 2.35. The average molecular weight is 393 g/mol. The molecule has 1 saturated heterocycles. The Bertz CT molecular complexity index is 605. The van der Waals surface area contributed by atoms with E-state index in [1.165, 1.54) is 30.7 Å². The third kappa shape index (κ3) is 5.04. The molecule has 152 valence electrons. The molecule has 1 saturated carbocycles. The van der Waals surface area contributed by atoms with Gasteiger partial charge in [-0.25, -0.2) is 0 Å². The molecule has 2 aliphatic rings. The number of thiophene rings is 1. The molecule has 1 aromatic rings. The fraction of sp³-hybridized carbons (Fsp3) is 0.762. The highest BCUT2D eigenvalue weighted by Crippen LogP contribution is 2.37. The van der Waals surface area contributed by atoms with Crippen molar-refractivity contribution in [2.45, 2.75) is 57.6 Å². The lowest BCUT2D eigenvalue weighted by Crippen LogP contribution is -2.50. The Labute approximate surface area is 168 Å². The van der Waals surface area contributed by atoms with Gasteiger partial charge in [-0.1, -0.05) is 25.8 Å². The maximum absolute atomic E-state index is 10.4. The molecule has 5 nitrogen and oxygen atoms in total. The summed E-state index contributed by atoms with van der Waals surface area (Å²) in [5.41, 5.74) is -0.0551.